The molecule has 1 aliphatic heterocycles. The third-order valence-electron chi connectivity index (χ3n) is 4.23. The summed E-state index contributed by atoms with van der Waals surface area (Å²) in [5, 5.41) is 0. The lowest BCUT2D eigenvalue weighted by atomic mass is 10.0. The fraction of sp³-hybridized carbons (Fsp3) is 0.286. The zero-order valence-corrected chi connectivity index (χ0v) is 15.3. The van der Waals surface area contributed by atoms with Gasteiger partial charge in [-0.15, -0.1) is 0 Å². The van der Waals surface area contributed by atoms with Crippen LogP contribution in [0.1, 0.15) is 27.1 Å². The molecule has 0 aromatic heterocycles. The summed E-state index contributed by atoms with van der Waals surface area (Å²) >= 11 is 0. The van der Waals surface area contributed by atoms with Crippen molar-refractivity contribution in [3.8, 4) is 0 Å². The van der Waals surface area contributed by atoms with E-state index in [1.807, 2.05) is 0 Å². The molecule has 3 atom stereocenters. The largest absolute Gasteiger partial charge is 0.459 e. The number of rotatable bonds is 6. The van der Waals surface area contributed by atoms with Crippen molar-refractivity contribution in [3.63, 3.8) is 0 Å². The van der Waals surface area contributed by atoms with Crippen LogP contribution < -0.4 is 0 Å². The van der Waals surface area contributed by atoms with Crippen molar-refractivity contribution in [3.05, 3.63) is 71.8 Å². The predicted molar refractivity (Wildman–Crippen MR) is 97.7 cm³/mol. The molecule has 0 aliphatic carbocycles. The lowest BCUT2D eigenvalue weighted by Gasteiger charge is -2.32. The van der Waals surface area contributed by atoms with Gasteiger partial charge in [-0.3, -0.25) is 4.79 Å². The second kappa shape index (κ2) is 9.25. The first-order valence-corrected chi connectivity index (χ1v) is 8.78. The molecule has 0 N–H and O–H groups in total. The number of carbonyl (C=O) groups excluding carboxylic acids is 3. The van der Waals surface area contributed by atoms with Gasteiger partial charge in [-0.2, -0.15) is 0 Å². The summed E-state index contributed by atoms with van der Waals surface area (Å²) in [7, 11) is 1.32. The molecule has 3 rings (SSSR count). The minimum absolute atomic E-state index is 0.0688. The summed E-state index contributed by atoms with van der Waals surface area (Å²) in [6.07, 6.45) is -2.82. The van der Waals surface area contributed by atoms with Gasteiger partial charge in [0.25, 0.3) is 0 Å². The average molecular weight is 384 g/mol. The Kier molecular flexibility index (Phi) is 6.52. The molecular formula is C21H20O7. The van der Waals surface area contributed by atoms with Crippen molar-refractivity contribution in [1.82, 2.24) is 0 Å². The highest BCUT2D eigenvalue weighted by Crippen LogP contribution is 2.22. The number of hydrogen-bond acceptors (Lipinski definition) is 7. The van der Waals surface area contributed by atoms with Crippen LogP contribution in [0.3, 0.4) is 0 Å². The molecule has 1 saturated heterocycles. The number of benzene rings is 2. The van der Waals surface area contributed by atoms with Crippen LogP contribution in [0.5, 0.6) is 0 Å². The number of methoxy groups -OCH3 is 1. The molecule has 7 heteroatoms. The maximum absolute atomic E-state index is 12.4. The molecule has 7 nitrogen and oxygen atoms in total. The fourth-order valence-electron chi connectivity index (χ4n) is 2.79. The van der Waals surface area contributed by atoms with Crippen LogP contribution in [-0.2, 0) is 23.7 Å². The van der Waals surface area contributed by atoms with Crippen LogP contribution >= 0.6 is 0 Å². The molecule has 0 amide bonds. The van der Waals surface area contributed by atoms with E-state index in [0.29, 0.717) is 11.1 Å². The zero-order chi connectivity index (χ0) is 19.9. The van der Waals surface area contributed by atoms with Gasteiger partial charge in [0.05, 0.1) is 17.2 Å². The molecule has 0 radical (unpaired) electrons. The minimum atomic E-state index is -1.19. The molecule has 1 unspecified atom stereocenters. The molecule has 1 aliphatic rings. The van der Waals surface area contributed by atoms with E-state index in [2.05, 4.69) is 0 Å². The standard InChI is InChI=1S/C21H20O7/c1-25-21-18(22)17(28-20(24)15-10-6-3-7-11-15)12-16(27-21)13-26-19(23)14-8-4-2-5-9-14/h2-11,16-17,21H,12-13H2,1H3/t16-,17?,21+/m0/s1. The number of carbonyl (C=O) groups is 3. The summed E-state index contributed by atoms with van der Waals surface area (Å²) < 4.78 is 21.2. The fourth-order valence-corrected chi connectivity index (χ4v) is 2.79. The van der Waals surface area contributed by atoms with Crippen LogP contribution in [0.15, 0.2) is 60.7 Å². The van der Waals surface area contributed by atoms with Gasteiger partial charge in [0.1, 0.15) is 6.61 Å². The van der Waals surface area contributed by atoms with E-state index >= 15 is 0 Å². The summed E-state index contributed by atoms with van der Waals surface area (Å²) in [5.41, 5.74) is 0.743. The van der Waals surface area contributed by atoms with E-state index in [9.17, 15) is 14.4 Å². The number of hydrogen-bond donors (Lipinski definition) is 0. The second-order valence-electron chi connectivity index (χ2n) is 6.19. The second-order valence-corrected chi connectivity index (χ2v) is 6.19. The van der Waals surface area contributed by atoms with Crippen LogP contribution in [-0.4, -0.2) is 49.9 Å². The van der Waals surface area contributed by atoms with Crippen LogP contribution in [0.4, 0.5) is 0 Å². The number of ketones is 1. The molecule has 0 bridgehead atoms. The maximum atomic E-state index is 12.4. The van der Waals surface area contributed by atoms with Crippen LogP contribution in [0.25, 0.3) is 0 Å². The minimum Gasteiger partial charge on any atom is -0.459 e. The predicted octanol–water partition coefficient (Wildman–Crippen LogP) is 2.40. The Morgan fingerprint density at radius 3 is 2.11 bits per heavy atom. The van der Waals surface area contributed by atoms with Gasteiger partial charge in [-0.25, -0.2) is 9.59 Å². The average Bonchev–Trinajstić information content (AvgIpc) is 2.75. The summed E-state index contributed by atoms with van der Waals surface area (Å²) in [6.45, 7) is -0.0970. The quantitative estimate of drug-likeness (QED) is 0.707. The van der Waals surface area contributed by atoms with Gasteiger partial charge in [-0.05, 0) is 24.3 Å². The Labute approximate surface area is 162 Å². The van der Waals surface area contributed by atoms with E-state index in [4.69, 9.17) is 18.9 Å². The van der Waals surface area contributed by atoms with Crippen LogP contribution in [0, 0.1) is 0 Å². The topological polar surface area (TPSA) is 88.1 Å². The number of esters is 2. The summed E-state index contributed by atoms with van der Waals surface area (Å²) in [6, 6.07) is 16.9. The van der Waals surface area contributed by atoms with Crippen molar-refractivity contribution < 1.29 is 33.3 Å². The lowest BCUT2D eigenvalue weighted by Crippen LogP contribution is -2.49. The first-order chi connectivity index (χ1) is 13.6. The molecule has 0 saturated carbocycles. The number of ether oxygens (including phenoxy) is 4. The molecule has 146 valence electrons. The molecular weight excluding hydrogens is 364 g/mol. The van der Waals surface area contributed by atoms with Crippen molar-refractivity contribution >= 4 is 17.7 Å². The smallest absolute Gasteiger partial charge is 0.338 e. The van der Waals surface area contributed by atoms with E-state index in [1.165, 1.54) is 7.11 Å². The van der Waals surface area contributed by atoms with E-state index < -0.39 is 36.2 Å². The summed E-state index contributed by atoms with van der Waals surface area (Å²) in [5.74, 6) is -1.61. The monoisotopic (exact) mass is 384 g/mol. The third kappa shape index (κ3) is 4.82. The SMILES string of the molecule is CO[C@@H]1O[C@H](COC(=O)c2ccccc2)CC(OC(=O)c2ccccc2)C1=O. The Bertz CT molecular complexity index is 819. The molecule has 2 aromatic rings. The third-order valence-corrected chi connectivity index (χ3v) is 4.23. The Hall–Kier alpha value is -3.03. The lowest BCUT2D eigenvalue weighted by molar-refractivity contribution is -0.207. The van der Waals surface area contributed by atoms with Gasteiger partial charge in [0.2, 0.25) is 12.1 Å². The van der Waals surface area contributed by atoms with Gasteiger partial charge in [-0.1, -0.05) is 36.4 Å². The first kappa shape index (κ1) is 19.7. The van der Waals surface area contributed by atoms with Gasteiger partial charge in [0.15, 0.2) is 6.10 Å². The van der Waals surface area contributed by atoms with Crippen molar-refractivity contribution in [1.29, 1.82) is 0 Å². The Balaban J connectivity index is 1.62. The molecule has 2 aromatic carbocycles. The highest BCUT2D eigenvalue weighted by atomic mass is 16.7. The van der Waals surface area contributed by atoms with Crippen molar-refractivity contribution in [2.75, 3.05) is 13.7 Å². The highest BCUT2D eigenvalue weighted by Gasteiger charge is 2.40. The Morgan fingerprint density at radius 1 is 0.964 bits per heavy atom. The first-order valence-electron chi connectivity index (χ1n) is 8.78. The molecule has 1 fully saturated rings. The van der Waals surface area contributed by atoms with E-state index in [1.54, 1.807) is 60.7 Å². The molecule has 0 spiro atoms. The van der Waals surface area contributed by atoms with Gasteiger partial charge >= 0.3 is 11.9 Å². The van der Waals surface area contributed by atoms with Gasteiger partial charge in [0, 0.05) is 13.5 Å². The zero-order valence-electron chi connectivity index (χ0n) is 15.3. The van der Waals surface area contributed by atoms with E-state index in [-0.39, 0.29) is 13.0 Å². The Morgan fingerprint density at radius 2 is 1.54 bits per heavy atom. The van der Waals surface area contributed by atoms with E-state index in [0.717, 1.165) is 0 Å². The van der Waals surface area contributed by atoms with Gasteiger partial charge < -0.3 is 18.9 Å². The van der Waals surface area contributed by atoms with Crippen molar-refractivity contribution in [2.45, 2.75) is 24.9 Å². The summed E-state index contributed by atoms with van der Waals surface area (Å²) in [4.78, 5) is 36.7. The normalized spacial score (nSPS) is 21.8. The highest BCUT2D eigenvalue weighted by molar-refractivity contribution is 5.94. The molecule has 1 heterocycles. The molecule has 28 heavy (non-hydrogen) atoms. The van der Waals surface area contributed by atoms with Crippen molar-refractivity contribution in [2.24, 2.45) is 0 Å². The number of Topliss-reactive ketones (excluding diaryl/α,β-unsaturated/α-hetero) is 1. The van der Waals surface area contributed by atoms with Crippen LogP contribution in [0.2, 0.25) is 0 Å². The maximum Gasteiger partial charge on any atom is 0.338 e.